The molecule has 0 aromatic heterocycles. The number of allylic oxidation sites excluding steroid dienone is 1. The van der Waals surface area contributed by atoms with E-state index >= 15 is 0 Å². The Hall–Kier alpha value is -1.41. The summed E-state index contributed by atoms with van der Waals surface area (Å²) in [6.45, 7) is 3.99. The molecule has 0 saturated carbocycles. The molecule has 0 saturated heterocycles. The molecule has 200 valence electrons. The average Bonchev–Trinajstić information content (AvgIpc) is 2.79. The number of esters is 2. The lowest BCUT2D eigenvalue weighted by molar-refractivity contribution is -0.147. The van der Waals surface area contributed by atoms with Crippen LogP contribution in [-0.4, -0.2) is 36.8 Å². The van der Waals surface area contributed by atoms with Crippen LogP contribution >= 0.6 is 0 Å². The van der Waals surface area contributed by atoms with Gasteiger partial charge in [0, 0.05) is 0 Å². The van der Waals surface area contributed by atoms with Crippen LogP contribution in [0.15, 0.2) is 12.3 Å². The third-order valence-corrected chi connectivity index (χ3v) is 6.88. The van der Waals surface area contributed by atoms with E-state index in [0.717, 1.165) is 25.5 Å². The second-order valence-corrected chi connectivity index (χ2v) is 10.6. The largest absolute Gasteiger partial charge is 0.466 e. The van der Waals surface area contributed by atoms with E-state index < -0.39 is 33.7 Å². The van der Waals surface area contributed by atoms with Crippen molar-refractivity contribution in [1.29, 1.82) is 0 Å². The Morgan fingerprint density at radius 2 is 1.18 bits per heavy atom. The maximum atomic E-state index is 11.8. The SMILES string of the molecule is C/C=C/OC(=O)C(CC(=O)OCCCCCCCCCCCCCCCCCCC)S(=O)(=O)O. The zero-order valence-corrected chi connectivity index (χ0v) is 22.3. The molecule has 0 aliphatic heterocycles. The molecule has 34 heavy (non-hydrogen) atoms. The van der Waals surface area contributed by atoms with Gasteiger partial charge < -0.3 is 9.47 Å². The molecule has 1 N–H and O–H groups in total. The number of hydrogen-bond donors (Lipinski definition) is 1. The second kappa shape index (κ2) is 22.1. The predicted molar refractivity (Wildman–Crippen MR) is 136 cm³/mol. The van der Waals surface area contributed by atoms with Crippen LogP contribution in [0.1, 0.15) is 129 Å². The lowest BCUT2D eigenvalue weighted by Gasteiger charge is -2.11. The smallest absolute Gasteiger partial charge is 0.332 e. The van der Waals surface area contributed by atoms with E-state index in [1.807, 2.05) is 0 Å². The van der Waals surface area contributed by atoms with Crippen molar-refractivity contribution in [2.75, 3.05) is 6.61 Å². The second-order valence-electron chi connectivity index (χ2n) is 8.99. The number of hydrogen-bond acceptors (Lipinski definition) is 6. The highest BCUT2D eigenvalue weighted by Gasteiger charge is 2.35. The van der Waals surface area contributed by atoms with Crippen molar-refractivity contribution in [3.8, 4) is 0 Å². The first-order valence-corrected chi connectivity index (χ1v) is 14.8. The Morgan fingerprint density at radius 3 is 1.56 bits per heavy atom. The first-order valence-electron chi connectivity index (χ1n) is 13.3. The van der Waals surface area contributed by atoms with Crippen LogP contribution in [0.2, 0.25) is 0 Å². The van der Waals surface area contributed by atoms with Crippen LogP contribution in [0, 0.1) is 0 Å². The summed E-state index contributed by atoms with van der Waals surface area (Å²) in [7, 11) is -4.76. The Balaban J connectivity index is 3.60. The Bertz CT molecular complexity index is 644. The number of rotatable bonds is 23. The van der Waals surface area contributed by atoms with E-state index in [4.69, 9.17) is 9.29 Å². The summed E-state index contributed by atoms with van der Waals surface area (Å²) in [4.78, 5) is 23.5. The molecule has 0 bridgehead atoms. The number of unbranched alkanes of at least 4 members (excludes halogenated alkanes) is 16. The van der Waals surface area contributed by atoms with Crippen molar-refractivity contribution < 1.29 is 32.0 Å². The summed E-state index contributed by atoms with van der Waals surface area (Å²) >= 11 is 0. The van der Waals surface area contributed by atoms with Crippen LogP contribution < -0.4 is 0 Å². The summed E-state index contributed by atoms with van der Waals surface area (Å²) in [5, 5.41) is -1.98. The van der Waals surface area contributed by atoms with Crippen molar-refractivity contribution in [3.63, 3.8) is 0 Å². The van der Waals surface area contributed by atoms with Crippen molar-refractivity contribution in [3.05, 3.63) is 12.3 Å². The van der Waals surface area contributed by atoms with Gasteiger partial charge in [-0.25, -0.2) is 0 Å². The van der Waals surface area contributed by atoms with Gasteiger partial charge in [0.15, 0.2) is 5.25 Å². The summed E-state index contributed by atoms with van der Waals surface area (Å²) in [5.74, 6) is -2.06. The quantitative estimate of drug-likeness (QED) is 0.0697. The average molecular weight is 505 g/mol. The van der Waals surface area contributed by atoms with Crippen LogP contribution in [0.4, 0.5) is 0 Å². The standard InChI is InChI=1S/C26H48O7S/c1-3-5-6-7-8-9-10-11-12-13-14-15-16-17-18-19-20-22-32-25(27)23-24(34(29,30)31)26(28)33-21-4-2/h4,21,24H,3,5-20,22-23H2,1-2H3,(H,29,30,31)/b21-4+. The van der Waals surface area contributed by atoms with Crippen LogP contribution in [0.3, 0.4) is 0 Å². The third-order valence-electron chi connectivity index (χ3n) is 5.81. The predicted octanol–water partition coefficient (Wildman–Crippen LogP) is 6.90. The van der Waals surface area contributed by atoms with Gasteiger partial charge in [0.2, 0.25) is 0 Å². The van der Waals surface area contributed by atoms with E-state index in [9.17, 15) is 18.0 Å². The highest BCUT2D eigenvalue weighted by atomic mass is 32.2. The molecule has 0 fully saturated rings. The fourth-order valence-corrected chi connectivity index (χ4v) is 4.39. The molecule has 1 unspecified atom stereocenters. The van der Waals surface area contributed by atoms with Gasteiger partial charge in [-0.2, -0.15) is 8.42 Å². The molecular weight excluding hydrogens is 456 g/mol. The zero-order valence-electron chi connectivity index (χ0n) is 21.5. The lowest BCUT2D eigenvalue weighted by Crippen LogP contribution is -2.33. The summed E-state index contributed by atoms with van der Waals surface area (Å²) in [6, 6.07) is 0. The minimum atomic E-state index is -4.76. The number of carbonyl (C=O) groups is 2. The molecule has 0 rings (SSSR count). The maximum Gasteiger partial charge on any atom is 0.332 e. The Labute approximate surface area is 207 Å². The summed E-state index contributed by atoms with van der Waals surface area (Å²) < 4.78 is 41.4. The highest BCUT2D eigenvalue weighted by molar-refractivity contribution is 7.87. The van der Waals surface area contributed by atoms with E-state index in [1.54, 1.807) is 6.92 Å². The summed E-state index contributed by atoms with van der Waals surface area (Å²) in [5.41, 5.74) is 0. The third kappa shape index (κ3) is 20.0. The van der Waals surface area contributed by atoms with E-state index in [-0.39, 0.29) is 6.61 Å². The first-order chi connectivity index (χ1) is 16.3. The molecule has 1 atom stereocenters. The fraction of sp³-hybridized carbons (Fsp3) is 0.846. The minimum absolute atomic E-state index is 0.166. The van der Waals surface area contributed by atoms with Crippen LogP contribution in [0.5, 0.6) is 0 Å². The molecule has 0 aromatic carbocycles. The monoisotopic (exact) mass is 504 g/mol. The maximum absolute atomic E-state index is 11.8. The Kier molecular flexibility index (Phi) is 21.2. The molecule has 0 aliphatic rings. The van der Waals surface area contributed by atoms with Crippen LogP contribution in [-0.2, 0) is 29.2 Å². The number of ether oxygens (including phenoxy) is 2. The lowest BCUT2D eigenvalue weighted by atomic mass is 10.0. The fourth-order valence-electron chi connectivity index (χ4n) is 3.74. The summed E-state index contributed by atoms with van der Waals surface area (Å²) in [6.07, 6.45) is 23.0. The van der Waals surface area contributed by atoms with Gasteiger partial charge in [0.25, 0.3) is 10.1 Å². The highest BCUT2D eigenvalue weighted by Crippen LogP contribution is 2.14. The van der Waals surface area contributed by atoms with E-state index in [1.165, 1.54) is 89.5 Å². The van der Waals surface area contributed by atoms with Gasteiger partial charge in [-0.15, -0.1) is 0 Å². The number of carbonyl (C=O) groups excluding carboxylic acids is 2. The van der Waals surface area contributed by atoms with Crippen LogP contribution in [0.25, 0.3) is 0 Å². The van der Waals surface area contributed by atoms with Crippen molar-refractivity contribution >= 4 is 22.1 Å². The van der Waals surface area contributed by atoms with Gasteiger partial charge in [-0.05, 0) is 13.3 Å². The van der Waals surface area contributed by atoms with Crippen molar-refractivity contribution in [2.45, 2.75) is 135 Å². The molecule has 0 radical (unpaired) electrons. The van der Waals surface area contributed by atoms with Gasteiger partial charge in [0.1, 0.15) is 0 Å². The first kappa shape index (κ1) is 32.6. The molecule has 0 spiro atoms. The van der Waals surface area contributed by atoms with Gasteiger partial charge in [-0.1, -0.05) is 116 Å². The molecule has 0 aromatic rings. The molecule has 0 heterocycles. The minimum Gasteiger partial charge on any atom is -0.466 e. The zero-order chi connectivity index (χ0) is 25.5. The molecular formula is C26H48O7S. The van der Waals surface area contributed by atoms with Gasteiger partial charge in [0.05, 0.1) is 19.3 Å². The van der Waals surface area contributed by atoms with Gasteiger partial charge >= 0.3 is 11.9 Å². The normalized spacial score (nSPS) is 12.7. The van der Waals surface area contributed by atoms with E-state index in [2.05, 4.69) is 11.7 Å². The molecule has 8 heteroatoms. The van der Waals surface area contributed by atoms with Crippen molar-refractivity contribution in [1.82, 2.24) is 0 Å². The molecule has 7 nitrogen and oxygen atoms in total. The Morgan fingerprint density at radius 1 is 0.765 bits per heavy atom. The van der Waals surface area contributed by atoms with E-state index in [0.29, 0.717) is 6.42 Å². The van der Waals surface area contributed by atoms with Crippen molar-refractivity contribution in [2.24, 2.45) is 0 Å². The molecule has 0 amide bonds. The topological polar surface area (TPSA) is 107 Å². The van der Waals surface area contributed by atoms with Gasteiger partial charge in [-0.3, -0.25) is 14.1 Å². The molecule has 0 aliphatic carbocycles.